The van der Waals surface area contributed by atoms with Gasteiger partial charge in [-0.2, -0.15) is 0 Å². The molecule has 2 aromatic rings. The fraction of sp³-hybridized carbons (Fsp3) is 0.263. The molecule has 0 bridgehead atoms. The first-order valence-electron chi connectivity index (χ1n) is 7.86. The summed E-state index contributed by atoms with van der Waals surface area (Å²) in [5, 5.41) is 5.03. The Hall–Kier alpha value is -2.27. The van der Waals surface area contributed by atoms with Crippen molar-refractivity contribution in [1.82, 2.24) is 10.6 Å². The summed E-state index contributed by atoms with van der Waals surface area (Å²) >= 11 is 1.63. The van der Waals surface area contributed by atoms with Gasteiger partial charge in [-0.1, -0.05) is 48.0 Å². The number of carbonyl (C=O) groups is 2. The van der Waals surface area contributed by atoms with Crippen molar-refractivity contribution >= 4 is 23.7 Å². The molecule has 0 fully saturated rings. The highest BCUT2D eigenvalue weighted by Crippen LogP contribution is 2.23. The minimum Gasteiger partial charge on any atom is -0.334 e. The van der Waals surface area contributed by atoms with Crippen LogP contribution in [0.4, 0.5) is 4.79 Å². The van der Waals surface area contributed by atoms with Crippen LogP contribution in [0.1, 0.15) is 23.1 Å². The first kappa shape index (κ1) is 18.1. The van der Waals surface area contributed by atoms with Crippen molar-refractivity contribution < 1.29 is 9.59 Å². The van der Waals surface area contributed by atoms with Gasteiger partial charge in [0.1, 0.15) is 0 Å². The lowest BCUT2D eigenvalue weighted by atomic mass is 10.2. The SMILES string of the molecule is Cc1ccc(SCCC(=O)NC(=O)NCc2ccccc2)c(C)c1. The van der Waals surface area contributed by atoms with Gasteiger partial charge in [-0.15, -0.1) is 11.8 Å². The van der Waals surface area contributed by atoms with Crippen molar-refractivity contribution in [1.29, 1.82) is 0 Å². The molecule has 126 valence electrons. The monoisotopic (exact) mass is 342 g/mol. The number of hydrogen-bond acceptors (Lipinski definition) is 3. The third kappa shape index (κ3) is 6.08. The van der Waals surface area contributed by atoms with Gasteiger partial charge in [-0.25, -0.2) is 4.79 Å². The summed E-state index contributed by atoms with van der Waals surface area (Å²) in [4.78, 5) is 24.7. The highest BCUT2D eigenvalue weighted by atomic mass is 32.2. The fourth-order valence-corrected chi connectivity index (χ4v) is 3.18. The predicted octanol–water partition coefficient (Wildman–Crippen LogP) is 3.81. The summed E-state index contributed by atoms with van der Waals surface area (Å²) in [7, 11) is 0. The standard InChI is InChI=1S/C19H22N2O2S/c1-14-8-9-17(15(2)12-14)24-11-10-18(22)21-19(23)20-13-16-6-4-3-5-7-16/h3-9,12H,10-11,13H2,1-2H3,(H2,20,21,22,23). The molecule has 2 N–H and O–H groups in total. The Kier molecular flexibility index (Phi) is 6.88. The lowest BCUT2D eigenvalue weighted by Crippen LogP contribution is -2.39. The number of imide groups is 1. The average molecular weight is 342 g/mol. The van der Waals surface area contributed by atoms with Crippen LogP contribution in [0.3, 0.4) is 0 Å². The number of nitrogens with one attached hydrogen (secondary N) is 2. The third-order valence-corrected chi connectivity index (χ3v) is 4.64. The molecule has 5 heteroatoms. The lowest BCUT2D eigenvalue weighted by Gasteiger charge is -2.08. The van der Waals surface area contributed by atoms with Gasteiger partial charge in [0.25, 0.3) is 0 Å². The maximum Gasteiger partial charge on any atom is 0.321 e. The van der Waals surface area contributed by atoms with Crippen LogP contribution in [0.5, 0.6) is 0 Å². The molecule has 24 heavy (non-hydrogen) atoms. The Morgan fingerprint density at radius 1 is 1.04 bits per heavy atom. The van der Waals surface area contributed by atoms with Crippen molar-refractivity contribution in [3.05, 3.63) is 65.2 Å². The number of aryl methyl sites for hydroxylation is 2. The number of urea groups is 1. The molecule has 2 rings (SSSR count). The van der Waals surface area contributed by atoms with Crippen molar-refractivity contribution in [2.75, 3.05) is 5.75 Å². The van der Waals surface area contributed by atoms with E-state index < -0.39 is 6.03 Å². The molecule has 0 aliphatic rings. The topological polar surface area (TPSA) is 58.2 Å². The van der Waals surface area contributed by atoms with E-state index in [2.05, 4.69) is 42.7 Å². The molecule has 2 aromatic carbocycles. The molecule has 0 unspecified atom stereocenters. The number of amides is 3. The molecule has 3 amide bonds. The Labute approximate surface area is 147 Å². The number of rotatable bonds is 6. The zero-order valence-electron chi connectivity index (χ0n) is 14.0. The quantitative estimate of drug-likeness (QED) is 0.785. The molecular formula is C19H22N2O2S. The molecule has 0 spiro atoms. The first-order chi connectivity index (χ1) is 11.5. The van der Waals surface area contributed by atoms with Crippen molar-refractivity contribution in [2.24, 2.45) is 0 Å². The van der Waals surface area contributed by atoms with Gasteiger partial charge in [0.2, 0.25) is 5.91 Å². The van der Waals surface area contributed by atoms with E-state index in [1.165, 1.54) is 16.0 Å². The maximum atomic E-state index is 11.8. The molecular weight excluding hydrogens is 320 g/mol. The van der Waals surface area contributed by atoms with Gasteiger partial charge >= 0.3 is 6.03 Å². The fourth-order valence-electron chi connectivity index (χ4n) is 2.23. The summed E-state index contributed by atoms with van der Waals surface area (Å²) < 4.78 is 0. The summed E-state index contributed by atoms with van der Waals surface area (Å²) in [6.45, 7) is 4.52. The summed E-state index contributed by atoms with van der Waals surface area (Å²) in [6, 6.07) is 15.4. The zero-order chi connectivity index (χ0) is 17.4. The largest absolute Gasteiger partial charge is 0.334 e. The maximum absolute atomic E-state index is 11.8. The first-order valence-corrected chi connectivity index (χ1v) is 8.85. The minimum absolute atomic E-state index is 0.266. The highest BCUT2D eigenvalue weighted by Gasteiger charge is 2.08. The van der Waals surface area contributed by atoms with Crippen molar-refractivity contribution in [3.63, 3.8) is 0 Å². The van der Waals surface area contributed by atoms with E-state index in [4.69, 9.17) is 0 Å². The second-order valence-corrected chi connectivity index (χ2v) is 6.72. The number of carbonyl (C=O) groups excluding carboxylic acids is 2. The number of thioether (sulfide) groups is 1. The Morgan fingerprint density at radius 3 is 2.50 bits per heavy atom. The van der Waals surface area contributed by atoms with Crippen molar-refractivity contribution in [2.45, 2.75) is 31.7 Å². The second-order valence-electron chi connectivity index (χ2n) is 5.58. The molecule has 0 atom stereocenters. The van der Waals surface area contributed by atoms with Crippen LogP contribution in [-0.2, 0) is 11.3 Å². The van der Waals surface area contributed by atoms with Gasteiger partial charge in [0.05, 0.1) is 0 Å². The molecule has 4 nitrogen and oxygen atoms in total. The van der Waals surface area contributed by atoms with Crippen LogP contribution in [0.15, 0.2) is 53.4 Å². The minimum atomic E-state index is -0.458. The van der Waals surface area contributed by atoms with E-state index in [1.807, 2.05) is 30.3 Å². The lowest BCUT2D eigenvalue weighted by molar-refractivity contribution is -0.119. The van der Waals surface area contributed by atoms with Gasteiger partial charge < -0.3 is 5.32 Å². The number of hydrogen-bond donors (Lipinski definition) is 2. The summed E-state index contributed by atoms with van der Waals surface area (Å²) in [5.74, 6) is 0.375. The van der Waals surface area contributed by atoms with Gasteiger partial charge in [-0.05, 0) is 31.0 Å². The molecule has 0 saturated heterocycles. The average Bonchev–Trinajstić information content (AvgIpc) is 2.56. The van der Waals surface area contributed by atoms with E-state index in [1.54, 1.807) is 11.8 Å². The van der Waals surface area contributed by atoms with Crippen LogP contribution in [0.25, 0.3) is 0 Å². The molecule has 0 aliphatic carbocycles. The van der Waals surface area contributed by atoms with Gasteiger partial charge in [-0.3, -0.25) is 10.1 Å². The van der Waals surface area contributed by atoms with Crippen LogP contribution < -0.4 is 10.6 Å². The van der Waals surface area contributed by atoms with E-state index in [0.717, 1.165) is 5.56 Å². The summed E-state index contributed by atoms with van der Waals surface area (Å²) in [6.07, 6.45) is 0.302. The van der Waals surface area contributed by atoms with E-state index in [0.29, 0.717) is 18.7 Å². The zero-order valence-corrected chi connectivity index (χ0v) is 14.8. The van der Waals surface area contributed by atoms with E-state index in [9.17, 15) is 9.59 Å². The normalized spacial score (nSPS) is 10.2. The van der Waals surface area contributed by atoms with E-state index >= 15 is 0 Å². The van der Waals surface area contributed by atoms with Crippen LogP contribution in [0, 0.1) is 13.8 Å². The predicted molar refractivity (Wildman–Crippen MR) is 98.1 cm³/mol. The highest BCUT2D eigenvalue weighted by molar-refractivity contribution is 7.99. The smallest absolute Gasteiger partial charge is 0.321 e. The molecule has 0 aromatic heterocycles. The van der Waals surface area contributed by atoms with E-state index in [-0.39, 0.29) is 5.91 Å². The number of benzene rings is 2. The third-order valence-electron chi connectivity index (χ3n) is 3.47. The Balaban J connectivity index is 1.68. The Bertz CT molecular complexity index is 702. The van der Waals surface area contributed by atoms with Gasteiger partial charge in [0.15, 0.2) is 0 Å². The van der Waals surface area contributed by atoms with Crippen LogP contribution in [-0.4, -0.2) is 17.7 Å². The molecule has 0 saturated carbocycles. The summed E-state index contributed by atoms with van der Waals surface area (Å²) in [5.41, 5.74) is 3.43. The second kappa shape index (κ2) is 9.13. The van der Waals surface area contributed by atoms with Crippen LogP contribution in [0.2, 0.25) is 0 Å². The van der Waals surface area contributed by atoms with Gasteiger partial charge in [0, 0.05) is 23.6 Å². The molecule has 0 radical (unpaired) electrons. The van der Waals surface area contributed by atoms with Crippen molar-refractivity contribution in [3.8, 4) is 0 Å². The Morgan fingerprint density at radius 2 is 1.79 bits per heavy atom. The molecule has 0 aliphatic heterocycles. The molecule has 0 heterocycles. The van der Waals surface area contributed by atoms with Crippen LogP contribution >= 0.6 is 11.8 Å².